The lowest BCUT2D eigenvalue weighted by molar-refractivity contribution is -0.110. The Morgan fingerprint density at radius 1 is 1.07 bits per heavy atom. The Bertz CT molecular complexity index is 182. The van der Waals surface area contributed by atoms with Gasteiger partial charge < -0.3 is 4.74 Å². The minimum Gasteiger partial charge on any atom is -0.370 e. The molecule has 0 aromatic rings. The van der Waals surface area contributed by atoms with Crippen LogP contribution in [0, 0.1) is 5.92 Å². The van der Waals surface area contributed by atoms with Crippen molar-refractivity contribution in [3.8, 4) is 0 Å². The molecule has 0 N–H and O–H groups in total. The van der Waals surface area contributed by atoms with Crippen molar-refractivity contribution in [3.05, 3.63) is 12.2 Å². The topological polar surface area (TPSA) is 9.23 Å². The Kier molecular flexibility index (Phi) is 4.87. The molecule has 0 spiro atoms. The molecular weight excluding hydrogens is 172 g/mol. The van der Waals surface area contributed by atoms with Gasteiger partial charge in [-0.3, -0.25) is 0 Å². The van der Waals surface area contributed by atoms with Crippen molar-refractivity contribution in [1.29, 1.82) is 0 Å². The number of allylic oxidation sites excluding steroid dienone is 1. The van der Waals surface area contributed by atoms with Gasteiger partial charge in [0, 0.05) is 0 Å². The molecule has 0 atom stereocenters. The number of ether oxygens (including phenoxy) is 1. The van der Waals surface area contributed by atoms with Crippen LogP contribution in [-0.4, -0.2) is 11.2 Å². The van der Waals surface area contributed by atoms with Crippen LogP contribution in [-0.2, 0) is 4.74 Å². The number of hydrogen-bond donors (Lipinski definition) is 0. The van der Waals surface area contributed by atoms with Crippen LogP contribution in [0.3, 0.4) is 0 Å². The first-order valence-corrected chi connectivity index (χ1v) is 5.49. The second-order valence-electron chi connectivity index (χ2n) is 5.85. The van der Waals surface area contributed by atoms with E-state index in [1.807, 2.05) is 0 Å². The molecule has 84 valence electrons. The zero-order chi connectivity index (χ0) is 11.4. The highest BCUT2D eigenvalue weighted by Gasteiger charge is 2.24. The molecule has 0 aliphatic carbocycles. The van der Waals surface area contributed by atoms with E-state index in [9.17, 15) is 0 Å². The van der Waals surface area contributed by atoms with Crippen LogP contribution in [0.1, 0.15) is 54.9 Å². The van der Waals surface area contributed by atoms with Crippen molar-refractivity contribution >= 4 is 0 Å². The van der Waals surface area contributed by atoms with Gasteiger partial charge in [0.05, 0.1) is 11.2 Å². The molecule has 0 aromatic heterocycles. The lowest BCUT2D eigenvalue weighted by Gasteiger charge is -2.33. The van der Waals surface area contributed by atoms with Gasteiger partial charge in [0.2, 0.25) is 0 Å². The van der Waals surface area contributed by atoms with Gasteiger partial charge in [-0.1, -0.05) is 26.0 Å². The molecule has 0 saturated heterocycles. The van der Waals surface area contributed by atoms with Crippen LogP contribution in [0.2, 0.25) is 0 Å². The van der Waals surface area contributed by atoms with E-state index >= 15 is 0 Å². The summed E-state index contributed by atoms with van der Waals surface area (Å²) in [6.45, 7) is 15.0. The van der Waals surface area contributed by atoms with E-state index < -0.39 is 0 Å². The number of rotatable bonds is 4. The maximum atomic E-state index is 5.96. The molecule has 0 heterocycles. The Morgan fingerprint density at radius 3 is 1.93 bits per heavy atom. The quantitative estimate of drug-likeness (QED) is 0.616. The van der Waals surface area contributed by atoms with Crippen molar-refractivity contribution in [1.82, 2.24) is 0 Å². The van der Waals surface area contributed by atoms with E-state index in [0.717, 1.165) is 6.42 Å². The van der Waals surface area contributed by atoms with Gasteiger partial charge in [-0.15, -0.1) is 0 Å². The van der Waals surface area contributed by atoms with Gasteiger partial charge in [0.15, 0.2) is 0 Å². The summed E-state index contributed by atoms with van der Waals surface area (Å²) in [7, 11) is 0. The average Bonchev–Trinajstić information content (AvgIpc) is 1.78. The van der Waals surface area contributed by atoms with Crippen LogP contribution < -0.4 is 0 Å². The van der Waals surface area contributed by atoms with Crippen molar-refractivity contribution in [2.75, 3.05) is 0 Å². The molecule has 0 saturated carbocycles. The largest absolute Gasteiger partial charge is 0.370 e. The highest BCUT2D eigenvalue weighted by molar-refractivity contribution is 4.90. The fourth-order valence-corrected chi connectivity index (χ4v) is 1.49. The molecule has 0 bridgehead atoms. The molecule has 1 heteroatoms. The zero-order valence-electron chi connectivity index (χ0n) is 10.8. The lowest BCUT2D eigenvalue weighted by atomic mass is 10.0. The first-order chi connectivity index (χ1) is 6.12. The van der Waals surface area contributed by atoms with Gasteiger partial charge in [-0.05, 0) is 47.0 Å². The molecule has 14 heavy (non-hydrogen) atoms. The zero-order valence-corrected chi connectivity index (χ0v) is 10.8. The Labute approximate surface area is 89.5 Å². The summed E-state index contributed by atoms with van der Waals surface area (Å²) in [4.78, 5) is 0. The Morgan fingerprint density at radius 2 is 1.57 bits per heavy atom. The van der Waals surface area contributed by atoms with E-state index in [1.165, 1.54) is 0 Å². The smallest absolute Gasteiger partial charge is 0.0667 e. The summed E-state index contributed by atoms with van der Waals surface area (Å²) in [5.41, 5.74) is -0.126. The standard InChI is InChI=1S/C13H26O/c1-11(2)9-8-10-13(6,7)14-12(3,4)5/h8-9,11H,10H2,1-7H3/b9-8+. The fourth-order valence-electron chi connectivity index (χ4n) is 1.49. The van der Waals surface area contributed by atoms with E-state index in [0.29, 0.717) is 5.92 Å². The minimum atomic E-state index is -0.0658. The van der Waals surface area contributed by atoms with Crippen LogP contribution in [0.5, 0.6) is 0 Å². The predicted octanol–water partition coefficient (Wildman–Crippen LogP) is 4.18. The van der Waals surface area contributed by atoms with Gasteiger partial charge >= 0.3 is 0 Å². The third kappa shape index (κ3) is 8.31. The molecule has 0 unspecified atom stereocenters. The summed E-state index contributed by atoms with van der Waals surface area (Å²) in [5, 5.41) is 0. The molecule has 0 aliphatic rings. The summed E-state index contributed by atoms with van der Waals surface area (Å²) in [6.07, 6.45) is 5.42. The normalized spacial score (nSPS) is 14.3. The lowest BCUT2D eigenvalue weighted by Crippen LogP contribution is -2.34. The van der Waals surface area contributed by atoms with E-state index in [1.54, 1.807) is 0 Å². The molecule has 1 nitrogen and oxygen atoms in total. The van der Waals surface area contributed by atoms with Crippen LogP contribution in [0.4, 0.5) is 0 Å². The van der Waals surface area contributed by atoms with Crippen LogP contribution in [0.15, 0.2) is 12.2 Å². The molecule has 0 aliphatic heterocycles. The van der Waals surface area contributed by atoms with E-state index in [4.69, 9.17) is 4.74 Å². The molecular formula is C13H26O. The minimum absolute atomic E-state index is 0.0603. The third-order valence-corrected chi connectivity index (χ3v) is 1.71. The fraction of sp³-hybridized carbons (Fsp3) is 0.846. The van der Waals surface area contributed by atoms with Gasteiger partial charge in [-0.2, -0.15) is 0 Å². The Balaban J connectivity index is 4.08. The second-order valence-corrected chi connectivity index (χ2v) is 5.85. The molecule has 0 aromatic carbocycles. The summed E-state index contributed by atoms with van der Waals surface area (Å²) in [6, 6.07) is 0. The van der Waals surface area contributed by atoms with Crippen molar-refractivity contribution in [2.24, 2.45) is 5.92 Å². The van der Waals surface area contributed by atoms with Crippen LogP contribution in [0.25, 0.3) is 0 Å². The summed E-state index contributed by atoms with van der Waals surface area (Å²) < 4.78 is 5.96. The highest BCUT2D eigenvalue weighted by Crippen LogP contribution is 2.23. The molecule has 0 rings (SSSR count). The first kappa shape index (κ1) is 13.7. The summed E-state index contributed by atoms with van der Waals surface area (Å²) in [5.74, 6) is 0.625. The third-order valence-electron chi connectivity index (χ3n) is 1.71. The predicted molar refractivity (Wildman–Crippen MR) is 63.5 cm³/mol. The van der Waals surface area contributed by atoms with E-state index in [-0.39, 0.29) is 11.2 Å². The van der Waals surface area contributed by atoms with Crippen molar-refractivity contribution in [2.45, 2.75) is 66.1 Å². The first-order valence-electron chi connectivity index (χ1n) is 5.49. The van der Waals surface area contributed by atoms with Crippen molar-refractivity contribution in [3.63, 3.8) is 0 Å². The second kappa shape index (κ2) is 4.97. The van der Waals surface area contributed by atoms with Crippen molar-refractivity contribution < 1.29 is 4.74 Å². The molecule has 0 fully saturated rings. The molecule has 0 radical (unpaired) electrons. The molecule has 0 amide bonds. The van der Waals surface area contributed by atoms with Gasteiger partial charge in [-0.25, -0.2) is 0 Å². The van der Waals surface area contributed by atoms with Crippen LogP contribution >= 0.6 is 0 Å². The maximum absolute atomic E-state index is 5.96. The SMILES string of the molecule is CC(C)/C=C/CC(C)(C)OC(C)(C)C. The summed E-state index contributed by atoms with van der Waals surface area (Å²) >= 11 is 0. The van der Waals surface area contributed by atoms with Gasteiger partial charge in [0.1, 0.15) is 0 Å². The highest BCUT2D eigenvalue weighted by atomic mass is 16.5. The Hall–Kier alpha value is -0.300. The number of hydrogen-bond acceptors (Lipinski definition) is 1. The van der Waals surface area contributed by atoms with E-state index in [2.05, 4.69) is 60.6 Å². The average molecular weight is 198 g/mol. The van der Waals surface area contributed by atoms with Gasteiger partial charge in [0.25, 0.3) is 0 Å². The maximum Gasteiger partial charge on any atom is 0.0667 e. The monoisotopic (exact) mass is 198 g/mol.